The second-order valence-corrected chi connectivity index (χ2v) is 11.7. The number of carbonyl (C=O) groups is 2. The van der Waals surface area contributed by atoms with Gasteiger partial charge in [-0.3, -0.25) is 14.6 Å². The molecule has 48 heavy (non-hydrogen) atoms. The zero-order valence-electron chi connectivity index (χ0n) is 26.5. The number of nitrogen functional groups attached to an aromatic ring is 1. The quantitative estimate of drug-likeness (QED) is 0.114. The van der Waals surface area contributed by atoms with E-state index in [-0.39, 0.29) is 52.3 Å². The number of halogens is 3. The number of methoxy groups -OCH3 is 2. The van der Waals surface area contributed by atoms with Gasteiger partial charge in [-0.15, -0.1) is 0 Å². The number of rotatable bonds is 11. The van der Waals surface area contributed by atoms with Crippen LogP contribution in [0.5, 0.6) is 17.4 Å². The fraction of sp³-hybridized carbons (Fsp3) is 0.265. The summed E-state index contributed by atoms with van der Waals surface area (Å²) >= 11 is 6.68. The maximum atomic E-state index is 14.6. The van der Waals surface area contributed by atoms with Gasteiger partial charge in [-0.05, 0) is 55.8 Å². The van der Waals surface area contributed by atoms with E-state index in [9.17, 15) is 18.4 Å². The average Bonchev–Trinajstić information content (AvgIpc) is 3.41. The number of hydrogen-bond donors (Lipinski definition) is 3. The van der Waals surface area contributed by atoms with Gasteiger partial charge in [0.15, 0.2) is 6.30 Å². The minimum Gasteiger partial charge on any atom is -0.495 e. The molecule has 3 heterocycles. The fourth-order valence-corrected chi connectivity index (χ4v) is 5.65. The van der Waals surface area contributed by atoms with E-state index in [4.69, 9.17) is 42.3 Å². The van der Waals surface area contributed by atoms with Crippen molar-refractivity contribution in [1.82, 2.24) is 15.3 Å². The van der Waals surface area contributed by atoms with Crippen LogP contribution in [0.1, 0.15) is 52.5 Å². The molecule has 250 valence electrons. The topological polar surface area (TPSA) is 164 Å². The molecule has 1 aliphatic heterocycles. The zero-order chi connectivity index (χ0) is 34.7. The first-order valence-corrected chi connectivity index (χ1v) is 15.1. The molecule has 4 aromatic rings. The summed E-state index contributed by atoms with van der Waals surface area (Å²) in [5.41, 5.74) is 13.3. The number of anilines is 1. The van der Waals surface area contributed by atoms with Crippen molar-refractivity contribution in [3.63, 3.8) is 0 Å². The molecule has 0 saturated carbocycles. The first-order valence-electron chi connectivity index (χ1n) is 14.7. The van der Waals surface area contributed by atoms with Gasteiger partial charge in [0.25, 0.3) is 5.91 Å². The third kappa shape index (κ3) is 6.58. The average molecular weight is 679 g/mol. The Bertz CT molecular complexity index is 1920. The number of nitrogens with two attached hydrogens (primary N) is 2. The molecular weight excluding hydrogens is 646 g/mol. The van der Waals surface area contributed by atoms with Crippen LogP contribution in [0.3, 0.4) is 0 Å². The van der Waals surface area contributed by atoms with Gasteiger partial charge in [0, 0.05) is 47.1 Å². The predicted octanol–water partition coefficient (Wildman–Crippen LogP) is 4.97. The Balaban J connectivity index is 1.63. The molecule has 2 aromatic carbocycles. The number of nitrogens with zero attached hydrogens (tertiary/aromatic N) is 3. The summed E-state index contributed by atoms with van der Waals surface area (Å²) in [5, 5.41) is 3.03. The number of amides is 2. The number of carbonyl (C=O) groups excluding carboxylic acids is 2. The number of nitrogens with one attached hydrogen (secondary N) is 1. The van der Waals surface area contributed by atoms with Gasteiger partial charge in [0.05, 0.1) is 25.6 Å². The van der Waals surface area contributed by atoms with Crippen molar-refractivity contribution in [2.45, 2.75) is 31.5 Å². The number of fused-ring (bicyclic) bond motifs is 1. The molecule has 14 heteroatoms. The van der Waals surface area contributed by atoms with Gasteiger partial charge in [-0.25, -0.2) is 18.7 Å². The zero-order valence-corrected chi connectivity index (χ0v) is 27.3. The van der Waals surface area contributed by atoms with E-state index in [1.165, 1.54) is 63.9 Å². The lowest BCUT2D eigenvalue weighted by molar-refractivity contribution is -0.123. The number of hydrogen-bond acceptors (Lipinski definition) is 9. The fourth-order valence-electron chi connectivity index (χ4n) is 5.37. The number of primary amides is 1. The Morgan fingerprint density at radius 3 is 2.65 bits per heavy atom. The molecule has 0 radical (unpaired) electrons. The minimum atomic E-state index is -1.49. The van der Waals surface area contributed by atoms with Crippen molar-refractivity contribution in [3.05, 3.63) is 93.5 Å². The van der Waals surface area contributed by atoms with Crippen LogP contribution in [-0.2, 0) is 10.2 Å². The van der Waals surface area contributed by atoms with Crippen LogP contribution in [0, 0.1) is 5.82 Å². The van der Waals surface area contributed by atoms with Crippen LogP contribution in [0.2, 0.25) is 5.02 Å². The lowest BCUT2D eigenvalue weighted by Crippen LogP contribution is -2.40. The SMILES string of the molecule is COc1cc(C(=O)NC[C@@H](c2cccc(F)c2)c2cc3c(c(-c4ccnc(OC)c4Cl)n2)OC[C@]3(C)C(N)=O)cc(/C=N/C(C)F)c1N. The van der Waals surface area contributed by atoms with Gasteiger partial charge < -0.3 is 31.0 Å². The Labute approximate surface area is 280 Å². The van der Waals surface area contributed by atoms with Crippen LogP contribution >= 0.6 is 11.6 Å². The van der Waals surface area contributed by atoms with Crippen molar-refractivity contribution in [2.75, 3.05) is 33.1 Å². The van der Waals surface area contributed by atoms with E-state index in [1.54, 1.807) is 25.1 Å². The summed E-state index contributed by atoms with van der Waals surface area (Å²) in [4.78, 5) is 39.1. The minimum absolute atomic E-state index is 0.0528. The first kappa shape index (κ1) is 34.0. The third-order valence-corrected chi connectivity index (χ3v) is 8.46. The first-order chi connectivity index (χ1) is 22.9. The van der Waals surface area contributed by atoms with E-state index < -0.39 is 35.3 Å². The number of benzene rings is 2. The third-order valence-electron chi connectivity index (χ3n) is 8.09. The monoisotopic (exact) mass is 678 g/mol. The molecule has 3 atom stereocenters. The predicted molar refractivity (Wildman–Crippen MR) is 177 cm³/mol. The second-order valence-electron chi connectivity index (χ2n) is 11.3. The van der Waals surface area contributed by atoms with E-state index in [0.29, 0.717) is 28.1 Å². The maximum Gasteiger partial charge on any atom is 0.251 e. The smallest absolute Gasteiger partial charge is 0.251 e. The summed E-state index contributed by atoms with van der Waals surface area (Å²) in [6, 6.07) is 12.0. The highest BCUT2D eigenvalue weighted by atomic mass is 35.5. The Morgan fingerprint density at radius 1 is 1.21 bits per heavy atom. The van der Waals surface area contributed by atoms with Crippen molar-refractivity contribution in [2.24, 2.45) is 10.7 Å². The Morgan fingerprint density at radius 2 is 1.98 bits per heavy atom. The van der Waals surface area contributed by atoms with E-state index in [2.05, 4.69) is 15.3 Å². The van der Waals surface area contributed by atoms with Crippen molar-refractivity contribution < 1.29 is 32.6 Å². The maximum absolute atomic E-state index is 14.6. The summed E-state index contributed by atoms with van der Waals surface area (Å²) in [7, 11) is 2.81. The van der Waals surface area contributed by atoms with Gasteiger partial charge >= 0.3 is 0 Å². The number of aromatic nitrogens is 2. The standard InChI is InChI=1S/C34H33ClF2N6O5/c1-17(36)41-14-20-10-19(12-26(46-3)28(20)38)31(44)42-15-23(18-6-5-7-21(37)11-18)25-13-24-30(48-16-34(24,2)33(39)45)29(43-25)22-8-9-40-32(47-4)27(22)35/h5-14,17,23H,15-16,38H2,1-4H3,(H2,39,45)(H,42,44)/b41-14+/t17?,23-,34-/m0/s1. The van der Waals surface area contributed by atoms with Crippen LogP contribution in [0.25, 0.3) is 11.3 Å². The summed E-state index contributed by atoms with van der Waals surface area (Å²) in [6.07, 6.45) is 1.22. The highest BCUT2D eigenvalue weighted by Crippen LogP contribution is 2.47. The Hall–Kier alpha value is -5.30. The summed E-state index contributed by atoms with van der Waals surface area (Å²) < 4.78 is 44.8. The molecule has 0 aliphatic carbocycles. The van der Waals surface area contributed by atoms with Crippen LogP contribution < -0.4 is 31.0 Å². The molecule has 0 spiro atoms. The number of alkyl halides is 1. The number of ether oxygens (including phenoxy) is 3. The lowest BCUT2D eigenvalue weighted by atomic mass is 9.81. The second kappa shape index (κ2) is 13.8. The molecule has 2 amide bonds. The van der Waals surface area contributed by atoms with Crippen LogP contribution in [0.4, 0.5) is 14.5 Å². The molecular formula is C34H33ClF2N6O5. The molecule has 0 bridgehead atoms. The van der Waals surface area contributed by atoms with Crippen LogP contribution in [0.15, 0.2) is 59.7 Å². The summed E-state index contributed by atoms with van der Waals surface area (Å²) in [6.45, 7) is 2.78. The van der Waals surface area contributed by atoms with Crippen molar-refractivity contribution in [1.29, 1.82) is 0 Å². The normalized spacial score (nSPS) is 16.6. The molecule has 1 unspecified atom stereocenters. The van der Waals surface area contributed by atoms with Crippen molar-refractivity contribution in [3.8, 4) is 28.6 Å². The molecule has 1 aliphatic rings. The van der Waals surface area contributed by atoms with E-state index in [0.717, 1.165) is 0 Å². The van der Waals surface area contributed by atoms with Gasteiger partial charge in [0.1, 0.15) is 40.1 Å². The molecule has 0 saturated heterocycles. The molecule has 5 N–H and O–H groups in total. The molecule has 11 nitrogen and oxygen atoms in total. The Kier molecular flexibility index (Phi) is 9.80. The highest BCUT2D eigenvalue weighted by Gasteiger charge is 2.44. The molecule has 5 rings (SSSR count). The van der Waals surface area contributed by atoms with Gasteiger partial charge in [-0.1, -0.05) is 23.7 Å². The number of pyridine rings is 2. The van der Waals surface area contributed by atoms with Gasteiger partial charge in [0.2, 0.25) is 11.8 Å². The lowest BCUT2D eigenvalue weighted by Gasteiger charge is -2.23. The number of aliphatic imine (C=N–C) groups is 1. The molecule has 2 aromatic heterocycles. The van der Waals surface area contributed by atoms with E-state index >= 15 is 0 Å². The van der Waals surface area contributed by atoms with E-state index in [1.807, 2.05) is 0 Å². The highest BCUT2D eigenvalue weighted by molar-refractivity contribution is 6.34. The largest absolute Gasteiger partial charge is 0.495 e. The molecule has 0 fully saturated rings. The summed E-state index contributed by atoms with van der Waals surface area (Å²) in [5.74, 6) is -1.79. The van der Waals surface area contributed by atoms with Gasteiger partial charge in [-0.2, -0.15) is 0 Å². The van der Waals surface area contributed by atoms with Crippen LogP contribution in [-0.4, -0.2) is 61.7 Å². The van der Waals surface area contributed by atoms with Crippen molar-refractivity contribution >= 4 is 35.3 Å².